The summed E-state index contributed by atoms with van der Waals surface area (Å²) < 4.78 is 0. The van der Waals surface area contributed by atoms with Crippen molar-refractivity contribution in [3.63, 3.8) is 0 Å². The number of benzene rings is 2. The topological polar surface area (TPSA) is 73.2 Å². The summed E-state index contributed by atoms with van der Waals surface area (Å²) >= 11 is 0. The second-order valence-electron chi connectivity index (χ2n) is 5.89. The van der Waals surface area contributed by atoms with Crippen LogP contribution in [0.15, 0.2) is 48.5 Å². The summed E-state index contributed by atoms with van der Waals surface area (Å²) in [5, 5.41) is 11.9. The normalized spacial score (nSPS) is 16.8. The van der Waals surface area contributed by atoms with Gasteiger partial charge in [-0.15, -0.1) is 0 Å². The van der Waals surface area contributed by atoms with Crippen molar-refractivity contribution in [2.45, 2.75) is 13.3 Å². The van der Waals surface area contributed by atoms with Crippen molar-refractivity contribution >= 4 is 23.2 Å². The number of nitrogens with zero attached hydrogens (tertiary/aromatic N) is 2. The summed E-state index contributed by atoms with van der Waals surface area (Å²) in [6.45, 7) is 2.32. The molecular formula is C19H17N3O2. The van der Waals surface area contributed by atoms with Gasteiger partial charge in [-0.25, -0.2) is 0 Å². The quantitative estimate of drug-likeness (QED) is 0.945. The number of para-hydroxylation sites is 1. The van der Waals surface area contributed by atoms with Crippen LogP contribution in [0, 0.1) is 24.2 Å². The molecule has 1 N–H and O–H groups in total. The first-order valence-electron chi connectivity index (χ1n) is 7.75. The van der Waals surface area contributed by atoms with Gasteiger partial charge in [-0.3, -0.25) is 9.59 Å². The van der Waals surface area contributed by atoms with Crippen molar-refractivity contribution in [1.82, 2.24) is 0 Å². The lowest BCUT2D eigenvalue weighted by Crippen LogP contribution is -2.28. The highest BCUT2D eigenvalue weighted by Crippen LogP contribution is 2.27. The van der Waals surface area contributed by atoms with Gasteiger partial charge in [-0.05, 0) is 36.8 Å². The smallest absolute Gasteiger partial charge is 0.229 e. The molecule has 1 aliphatic rings. The standard InChI is InChI=1S/C19H17N3O2/c1-13-5-4-7-16(9-13)22-12-15(10-18(22)23)19(24)21-17-8-3-2-6-14(17)11-20/h2-9,15H,10,12H2,1H3,(H,21,24). The maximum atomic E-state index is 12.5. The zero-order chi connectivity index (χ0) is 17.1. The molecule has 3 rings (SSSR count). The minimum absolute atomic E-state index is 0.0608. The number of carbonyl (C=O) groups excluding carboxylic acids is 2. The van der Waals surface area contributed by atoms with E-state index >= 15 is 0 Å². The Balaban J connectivity index is 1.74. The van der Waals surface area contributed by atoms with Crippen LogP contribution in [-0.4, -0.2) is 18.4 Å². The Kier molecular flexibility index (Phi) is 4.30. The fourth-order valence-electron chi connectivity index (χ4n) is 2.85. The Morgan fingerprint density at radius 1 is 1.25 bits per heavy atom. The van der Waals surface area contributed by atoms with Gasteiger partial charge in [0.25, 0.3) is 0 Å². The monoisotopic (exact) mass is 319 g/mol. The van der Waals surface area contributed by atoms with Crippen LogP contribution < -0.4 is 10.2 Å². The molecule has 24 heavy (non-hydrogen) atoms. The van der Waals surface area contributed by atoms with E-state index < -0.39 is 5.92 Å². The number of hydrogen-bond donors (Lipinski definition) is 1. The van der Waals surface area contributed by atoms with Crippen LogP contribution in [0.25, 0.3) is 0 Å². The van der Waals surface area contributed by atoms with Crippen LogP contribution in [0.4, 0.5) is 11.4 Å². The van der Waals surface area contributed by atoms with E-state index in [1.54, 1.807) is 29.2 Å². The summed E-state index contributed by atoms with van der Waals surface area (Å²) in [6, 6.07) is 16.6. The van der Waals surface area contributed by atoms with Crippen LogP contribution in [0.5, 0.6) is 0 Å². The molecule has 5 heteroatoms. The van der Waals surface area contributed by atoms with Crippen molar-refractivity contribution in [1.29, 1.82) is 5.26 Å². The van der Waals surface area contributed by atoms with Gasteiger partial charge in [0.05, 0.1) is 17.2 Å². The molecule has 2 aromatic rings. The molecule has 5 nitrogen and oxygen atoms in total. The predicted octanol–water partition coefficient (Wildman–Crippen LogP) is 2.86. The van der Waals surface area contributed by atoms with E-state index in [0.29, 0.717) is 17.8 Å². The maximum absolute atomic E-state index is 12.5. The van der Waals surface area contributed by atoms with Crippen LogP contribution in [0.1, 0.15) is 17.5 Å². The zero-order valence-electron chi connectivity index (χ0n) is 13.3. The molecule has 1 atom stereocenters. The molecule has 120 valence electrons. The lowest BCUT2D eigenvalue weighted by atomic mass is 10.1. The Morgan fingerprint density at radius 3 is 2.79 bits per heavy atom. The largest absolute Gasteiger partial charge is 0.325 e. The number of rotatable bonds is 3. The third-order valence-corrected chi connectivity index (χ3v) is 4.11. The number of carbonyl (C=O) groups is 2. The molecule has 1 saturated heterocycles. The Morgan fingerprint density at radius 2 is 2.04 bits per heavy atom. The number of anilines is 2. The van der Waals surface area contributed by atoms with E-state index in [0.717, 1.165) is 11.3 Å². The first kappa shape index (κ1) is 15.8. The fraction of sp³-hybridized carbons (Fsp3) is 0.211. The molecule has 2 amide bonds. The Bertz CT molecular complexity index is 839. The number of aryl methyl sites for hydroxylation is 1. The van der Waals surface area contributed by atoms with E-state index in [1.165, 1.54) is 0 Å². The molecule has 0 radical (unpaired) electrons. The van der Waals surface area contributed by atoms with E-state index in [-0.39, 0.29) is 18.2 Å². The first-order chi connectivity index (χ1) is 11.6. The number of nitriles is 1. The molecule has 0 saturated carbocycles. The van der Waals surface area contributed by atoms with Crippen molar-refractivity contribution in [3.05, 3.63) is 59.7 Å². The molecule has 1 unspecified atom stereocenters. The molecular weight excluding hydrogens is 302 g/mol. The Labute approximate surface area is 140 Å². The van der Waals surface area contributed by atoms with Crippen LogP contribution in [0.2, 0.25) is 0 Å². The Hall–Kier alpha value is -3.13. The summed E-state index contributed by atoms with van der Waals surface area (Å²) in [4.78, 5) is 26.4. The second-order valence-corrected chi connectivity index (χ2v) is 5.89. The highest BCUT2D eigenvalue weighted by atomic mass is 16.2. The SMILES string of the molecule is Cc1cccc(N2CC(C(=O)Nc3ccccc3C#N)CC2=O)c1. The third-order valence-electron chi connectivity index (χ3n) is 4.11. The molecule has 1 heterocycles. The van der Waals surface area contributed by atoms with E-state index in [9.17, 15) is 9.59 Å². The average molecular weight is 319 g/mol. The van der Waals surface area contributed by atoms with Gasteiger partial charge < -0.3 is 10.2 Å². The van der Waals surface area contributed by atoms with Gasteiger partial charge >= 0.3 is 0 Å². The van der Waals surface area contributed by atoms with Gasteiger partial charge in [-0.2, -0.15) is 5.26 Å². The third kappa shape index (κ3) is 3.13. The summed E-state index contributed by atoms with van der Waals surface area (Å²) in [7, 11) is 0. The molecule has 1 fully saturated rings. The maximum Gasteiger partial charge on any atom is 0.229 e. The van der Waals surface area contributed by atoms with Crippen LogP contribution in [-0.2, 0) is 9.59 Å². The van der Waals surface area contributed by atoms with E-state index in [1.807, 2.05) is 37.3 Å². The van der Waals surface area contributed by atoms with Crippen LogP contribution >= 0.6 is 0 Å². The van der Waals surface area contributed by atoms with Crippen molar-refractivity contribution in [2.24, 2.45) is 5.92 Å². The summed E-state index contributed by atoms with van der Waals surface area (Å²) in [6.07, 6.45) is 0.175. The molecule has 2 aromatic carbocycles. The van der Waals surface area contributed by atoms with Gasteiger partial charge in [-0.1, -0.05) is 24.3 Å². The average Bonchev–Trinajstić information content (AvgIpc) is 2.97. The fourth-order valence-corrected chi connectivity index (χ4v) is 2.85. The van der Waals surface area contributed by atoms with Crippen LogP contribution in [0.3, 0.4) is 0 Å². The van der Waals surface area contributed by atoms with Gasteiger partial charge in [0.2, 0.25) is 11.8 Å². The van der Waals surface area contributed by atoms with Crippen molar-refractivity contribution < 1.29 is 9.59 Å². The van der Waals surface area contributed by atoms with Crippen molar-refractivity contribution in [2.75, 3.05) is 16.8 Å². The van der Waals surface area contributed by atoms with Crippen molar-refractivity contribution in [3.8, 4) is 6.07 Å². The van der Waals surface area contributed by atoms with E-state index in [2.05, 4.69) is 5.32 Å². The molecule has 1 aliphatic heterocycles. The predicted molar refractivity (Wildman–Crippen MR) is 91.4 cm³/mol. The molecule has 0 bridgehead atoms. The minimum Gasteiger partial charge on any atom is -0.325 e. The lowest BCUT2D eigenvalue weighted by Gasteiger charge is -2.17. The number of hydrogen-bond acceptors (Lipinski definition) is 3. The minimum atomic E-state index is -0.426. The summed E-state index contributed by atoms with van der Waals surface area (Å²) in [5.41, 5.74) is 2.76. The van der Waals surface area contributed by atoms with Gasteiger partial charge in [0.15, 0.2) is 0 Å². The highest BCUT2D eigenvalue weighted by Gasteiger charge is 2.35. The van der Waals surface area contributed by atoms with E-state index in [4.69, 9.17) is 5.26 Å². The second kappa shape index (κ2) is 6.55. The highest BCUT2D eigenvalue weighted by molar-refractivity contribution is 6.03. The van der Waals surface area contributed by atoms with Gasteiger partial charge in [0, 0.05) is 18.7 Å². The lowest BCUT2D eigenvalue weighted by molar-refractivity contribution is -0.122. The number of nitrogens with one attached hydrogen (secondary N) is 1. The molecule has 0 aliphatic carbocycles. The molecule has 0 spiro atoms. The van der Waals surface area contributed by atoms with Gasteiger partial charge in [0.1, 0.15) is 6.07 Å². The summed E-state index contributed by atoms with van der Waals surface area (Å²) in [5.74, 6) is -0.722. The zero-order valence-corrected chi connectivity index (χ0v) is 13.3. The first-order valence-corrected chi connectivity index (χ1v) is 7.75. The molecule has 0 aromatic heterocycles. The number of amides is 2.